The molecule has 132 valence electrons. The lowest BCUT2D eigenvalue weighted by molar-refractivity contribution is -0.384. The topological polar surface area (TPSA) is 98.9 Å². The average molecular weight is 353 g/mol. The lowest BCUT2D eigenvalue weighted by atomic mass is 10.0. The summed E-state index contributed by atoms with van der Waals surface area (Å²) in [6.07, 6.45) is -1.07. The van der Waals surface area contributed by atoms with Crippen LogP contribution in [-0.2, 0) is 0 Å². The second-order valence-electron chi connectivity index (χ2n) is 5.96. The molecule has 0 bridgehead atoms. The molecule has 0 saturated heterocycles. The van der Waals surface area contributed by atoms with E-state index in [2.05, 4.69) is 0 Å². The van der Waals surface area contributed by atoms with Gasteiger partial charge in [0.15, 0.2) is 0 Å². The number of nitro groups is 1. The van der Waals surface area contributed by atoms with Gasteiger partial charge in [0.05, 0.1) is 12.0 Å². The fourth-order valence-electron chi connectivity index (χ4n) is 3.13. The maximum Gasteiger partial charge on any atom is 0.270 e. The van der Waals surface area contributed by atoms with Gasteiger partial charge in [-0.15, -0.1) is 0 Å². The summed E-state index contributed by atoms with van der Waals surface area (Å²) < 4.78 is 16.7. The Morgan fingerprint density at radius 1 is 1.12 bits per heavy atom. The summed E-state index contributed by atoms with van der Waals surface area (Å²) in [5.41, 5.74) is 1.64. The molecule has 2 aromatic carbocycles. The van der Waals surface area contributed by atoms with Crippen LogP contribution in [0.5, 0.6) is 5.75 Å². The van der Waals surface area contributed by atoms with E-state index in [1.54, 1.807) is 38.3 Å². The lowest BCUT2D eigenvalue weighted by Gasteiger charge is -2.07. The number of rotatable bonds is 4. The van der Waals surface area contributed by atoms with Gasteiger partial charge in [0.2, 0.25) is 0 Å². The van der Waals surface area contributed by atoms with Crippen molar-refractivity contribution in [2.24, 2.45) is 0 Å². The smallest absolute Gasteiger partial charge is 0.270 e. The summed E-state index contributed by atoms with van der Waals surface area (Å²) in [5, 5.41) is 23.1. The minimum Gasteiger partial charge on any atom is -0.497 e. The van der Waals surface area contributed by atoms with Crippen LogP contribution in [0, 0.1) is 17.0 Å². The van der Waals surface area contributed by atoms with Gasteiger partial charge in [-0.3, -0.25) is 10.1 Å². The van der Waals surface area contributed by atoms with Crippen molar-refractivity contribution in [2.75, 3.05) is 7.11 Å². The largest absolute Gasteiger partial charge is 0.497 e. The van der Waals surface area contributed by atoms with E-state index >= 15 is 0 Å². The Labute approximate surface area is 147 Å². The molecule has 4 aromatic rings. The fourth-order valence-corrected chi connectivity index (χ4v) is 3.13. The molecule has 0 aliphatic carbocycles. The average Bonchev–Trinajstić information content (AvgIpc) is 3.19. The molecule has 0 unspecified atom stereocenters. The van der Waals surface area contributed by atoms with Crippen molar-refractivity contribution in [2.45, 2.75) is 13.0 Å². The van der Waals surface area contributed by atoms with Gasteiger partial charge in [0.1, 0.15) is 34.5 Å². The molecule has 26 heavy (non-hydrogen) atoms. The summed E-state index contributed by atoms with van der Waals surface area (Å²) in [7, 11) is 1.57. The summed E-state index contributed by atoms with van der Waals surface area (Å²) in [6.45, 7) is 1.76. The van der Waals surface area contributed by atoms with Gasteiger partial charge in [0.25, 0.3) is 5.69 Å². The highest BCUT2D eigenvalue weighted by atomic mass is 16.6. The molecule has 0 aliphatic heterocycles. The number of methoxy groups -OCH3 is 1. The minimum absolute atomic E-state index is 0.0333. The second kappa shape index (κ2) is 5.89. The van der Waals surface area contributed by atoms with Crippen molar-refractivity contribution < 1.29 is 23.6 Å². The third kappa shape index (κ3) is 2.49. The third-order valence-corrected chi connectivity index (χ3v) is 4.39. The molecule has 0 aliphatic rings. The van der Waals surface area contributed by atoms with E-state index in [4.69, 9.17) is 13.6 Å². The number of fused-ring (bicyclic) bond motifs is 2. The highest BCUT2D eigenvalue weighted by Gasteiger charge is 2.24. The first-order valence-electron chi connectivity index (χ1n) is 7.91. The second-order valence-corrected chi connectivity index (χ2v) is 5.96. The van der Waals surface area contributed by atoms with Crippen LogP contribution >= 0.6 is 0 Å². The normalized spacial score (nSPS) is 12.6. The number of furan rings is 2. The number of non-ortho nitro benzene ring substituents is 1. The van der Waals surface area contributed by atoms with Crippen molar-refractivity contribution in [3.05, 3.63) is 69.7 Å². The number of benzene rings is 2. The SMILES string of the molecule is COc1ccc2oc(C)c([C@H](O)c3cc4cc([N+](=O)[O-])ccc4o3)c2c1. The molecular formula is C19H15NO6. The monoisotopic (exact) mass is 353 g/mol. The summed E-state index contributed by atoms with van der Waals surface area (Å²) >= 11 is 0. The van der Waals surface area contributed by atoms with Gasteiger partial charge < -0.3 is 18.7 Å². The number of aliphatic hydroxyl groups is 1. The quantitative estimate of drug-likeness (QED) is 0.429. The third-order valence-electron chi connectivity index (χ3n) is 4.39. The van der Waals surface area contributed by atoms with Crippen molar-refractivity contribution in [1.29, 1.82) is 0 Å². The van der Waals surface area contributed by atoms with Crippen LogP contribution in [0.15, 0.2) is 51.3 Å². The van der Waals surface area contributed by atoms with Crippen molar-refractivity contribution in [3.8, 4) is 5.75 Å². The summed E-state index contributed by atoms with van der Waals surface area (Å²) in [4.78, 5) is 10.5. The van der Waals surface area contributed by atoms with E-state index in [1.165, 1.54) is 18.2 Å². The predicted octanol–water partition coefficient (Wildman–Crippen LogP) is 4.49. The number of aliphatic hydroxyl groups excluding tert-OH is 1. The predicted molar refractivity (Wildman–Crippen MR) is 94.4 cm³/mol. The maximum atomic E-state index is 10.9. The molecule has 0 fully saturated rings. The number of hydrogen-bond donors (Lipinski definition) is 1. The van der Waals surface area contributed by atoms with Gasteiger partial charge in [0, 0.05) is 28.5 Å². The standard InChI is InChI=1S/C19H15NO6/c1-10-18(14-9-13(24-2)4-6-16(14)25-10)19(21)17-8-11-7-12(20(22)23)3-5-15(11)26-17/h3-9,19,21H,1-2H3/t19-/m1/s1. The van der Waals surface area contributed by atoms with Crippen molar-refractivity contribution in [1.82, 2.24) is 0 Å². The molecule has 0 amide bonds. The van der Waals surface area contributed by atoms with E-state index in [9.17, 15) is 15.2 Å². The molecule has 4 rings (SSSR count). The minimum atomic E-state index is -1.07. The number of nitrogens with zero attached hydrogens (tertiary/aromatic N) is 1. The van der Waals surface area contributed by atoms with Crippen LogP contribution in [0.3, 0.4) is 0 Å². The fraction of sp³-hybridized carbons (Fsp3) is 0.158. The molecule has 0 spiro atoms. The Morgan fingerprint density at radius 3 is 2.62 bits per heavy atom. The first kappa shape index (κ1) is 16.2. The number of nitro benzene ring substituents is 1. The van der Waals surface area contributed by atoms with Crippen LogP contribution in [0.4, 0.5) is 5.69 Å². The van der Waals surface area contributed by atoms with Crippen molar-refractivity contribution in [3.63, 3.8) is 0 Å². The molecule has 2 heterocycles. The zero-order chi connectivity index (χ0) is 18.4. The number of hydrogen-bond acceptors (Lipinski definition) is 6. The van der Waals surface area contributed by atoms with Gasteiger partial charge in [-0.2, -0.15) is 0 Å². The first-order chi connectivity index (χ1) is 12.5. The number of aryl methyl sites for hydroxylation is 1. The van der Waals surface area contributed by atoms with E-state index in [0.29, 0.717) is 33.6 Å². The molecule has 7 heteroatoms. The van der Waals surface area contributed by atoms with E-state index in [1.807, 2.05) is 0 Å². The lowest BCUT2D eigenvalue weighted by Crippen LogP contribution is -1.99. The van der Waals surface area contributed by atoms with Gasteiger partial charge in [-0.1, -0.05) is 0 Å². The highest BCUT2D eigenvalue weighted by molar-refractivity contribution is 5.85. The molecule has 1 atom stereocenters. The molecule has 7 nitrogen and oxygen atoms in total. The zero-order valence-corrected chi connectivity index (χ0v) is 14.1. The van der Waals surface area contributed by atoms with E-state index < -0.39 is 11.0 Å². The summed E-state index contributed by atoms with van der Waals surface area (Å²) in [5.74, 6) is 1.49. The Hall–Kier alpha value is -3.32. The van der Waals surface area contributed by atoms with Crippen LogP contribution in [0.2, 0.25) is 0 Å². The van der Waals surface area contributed by atoms with Crippen LogP contribution in [0.1, 0.15) is 23.2 Å². The molecule has 1 N–H and O–H groups in total. The maximum absolute atomic E-state index is 10.9. The van der Waals surface area contributed by atoms with E-state index in [0.717, 1.165) is 5.39 Å². The van der Waals surface area contributed by atoms with Gasteiger partial charge in [-0.25, -0.2) is 0 Å². The molecule has 0 radical (unpaired) electrons. The summed E-state index contributed by atoms with van der Waals surface area (Å²) in [6, 6.07) is 11.3. The Kier molecular flexibility index (Phi) is 3.66. The van der Waals surface area contributed by atoms with Crippen LogP contribution in [-0.4, -0.2) is 17.1 Å². The van der Waals surface area contributed by atoms with Crippen LogP contribution < -0.4 is 4.74 Å². The Morgan fingerprint density at radius 2 is 1.88 bits per heavy atom. The number of ether oxygens (including phenoxy) is 1. The van der Waals surface area contributed by atoms with Crippen LogP contribution in [0.25, 0.3) is 21.9 Å². The Bertz CT molecular complexity index is 1140. The van der Waals surface area contributed by atoms with Crippen molar-refractivity contribution >= 4 is 27.6 Å². The van der Waals surface area contributed by atoms with Gasteiger partial charge >= 0.3 is 0 Å². The Balaban J connectivity index is 1.83. The first-order valence-corrected chi connectivity index (χ1v) is 7.91. The van der Waals surface area contributed by atoms with Gasteiger partial charge in [-0.05, 0) is 37.3 Å². The molecule has 0 saturated carbocycles. The van der Waals surface area contributed by atoms with E-state index in [-0.39, 0.29) is 11.4 Å². The molecular weight excluding hydrogens is 338 g/mol. The molecule has 2 aromatic heterocycles. The highest BCUT2D eigenvalue weighted by Crippen LogP contribution is 2.37. The zero-order valence-electron chi connectivity index (χ0n) is 14.1.